The Kier molecular flexibility index (Phi) is 5.80. The third-order valence-electron chi connectivity index (χ3n) is 4.07. The van der Waals surface area contributed by atoms with E-state index >= 15 is 0 Å². The van der Waals surface area contributed by atoms with Crippen molar-refractivity contribution in [3.05, 3.63) is 41.6 Å². The Bertz CT molecular complexity index is 1170. The van der Waals surface area contributed by atoms with Crippen LogP contribution in [0.4, 0.5) is 24.5 Å². The number of amidine groups is 1. The van der Waals surface area contributed by atoms with E-state index in [0.717, 1.165) is 6.07 Å². The first-order chi connectivity index (χ1) is 14.4. The van der Waals surface area contributed by atoms with Crippen LogP contribution in [0.3, 0.4) is 0 Å². The number of amides is 1. The Labute approximate surface area is 172 Å². The molecule has 16 heteroatoms. The Balaban J connectivity index is 1.96. The molecule has 0 unspecified atom stereocenters. The predicted octanol–water partition coefficient (Wildman–Crippen LogP) is -0.305. The van der Waals surface area contributed by atoms with Gasteiger partial charge in [-0.1, -0.05) is 11.2 Å². The summed E-state index contributed by atoms with van der Waals surface area (Å²) >= 11 is 0. The maximum Gasteiger partial charge on any atom is 0.491 e. The highest BCUT2D eigenvalue weighted by Crippen LogP contribution is 2.23. The highest BCUT2D eigenvalue weighted by atomic mass is 32.2. The van der Waals surface area contributed by atoms with E-state index in [0.29, 0.717) is 17.2 Å². The van der Waals surface area contributed by atoms with E-state index in [2.05, 4.69) is 14.9 Å². The average molecular weight is 459 g/mol. The summed E-state index contributed by atoms with van der Waals surface area (Å²) in [6, 6.07) is 4.99. The van der Waals surface area contributed by atoms with Gasteiger partial charge in [-0.05, 0) is 29.2 Å². The molecule has 2 aromatic rings. The fourth-order valence-corrected chi connectivity index (χ4v) is 3.83. The van der Waals surface area contributed by atoms with Crippen LogP contribution in [-0.4, -0.2) is 48.7 Å². The van der Waals surface area contributed by atoms with Crippen LogP contribution in [0.5, 0.6) is 0 Å². The second kappa shape index (κ2) is 8.05. The molecule has 164 valence electrons. The molecule has 11 nitrogen and oxygen atoms in total. The molecule has 2 heterocycles. The number of pyridine rings is 1. The van der Waals surface area contributed by atoms with Crippen molar-refractivity contribution < 1.29 is 41.3 Å². The summed E-state index contributed by atoms with van der Waals surface area (Å²) in [5, 5.41) is 22.0. The zero-order valence-electron chi connectivity index (χ0n) is 15.2. The average Bonchev–Trinajstić information content (AvgIpc) is 3.06. The zero-order valence-corrected chi connectivity index (χ0v) is 16.0. The monoisotopic (exact) mass is 459 g/mol. The number of hydrogen-bond donors (Lipinski definition) is 5. The van der Waals surface area contributed by atoms with Gasteiger partial charge in [0.15, 0.2) is 10.9 Å². The summed E-state index contributed by atoms with van der Waals surface area (Å²) < 4.78 is 70.1. The lowest BCUT2D eigenvalue weighted by molar-refractivity contribution is -0.167. The number of sulfonamides is 1. The number of carbonyl (C=O) groups excluding carboxylic acids is 1. The Morgan fingerprint density at radius 1 is 1.29 bits per heavy atom. The van der Waals surface area contributed by atoms with Crippen molar-refractivity contribution in [2.45, 2.75) is 17.8 Å². The molecule has 0 aliphatic carbocycles. The maximum atomic E-state index is 12.8. The van der Waals surface area contributed by atoms with Crippen LogP contribution in [0, 0.1) is 0 Å². The van der Waals surface area contributed by atoms with Gasteiger partial charge in [-0.15, -0.1) is 0 Å². The topological polar surface area (TPSA) is 176 Å². The first kappa shape index (κ1) is 22.3. The molecule has 6 N–H and O–H groups in total. The van der Waals surface area contributed by atoms with Gasteiger partial charge in [0.25, 0.3) is 10.0 Å². The third kappa shape index (κ3) is 4.70. The van der Waals surface area contributed by atoms with Crippen LogP contribution in [0.15, 0.2) is 40.6 Å². The van der Waals surface area contributed by atoms with Gasteiger partial charge < -0.3 is 25.9 Å². The fraction of sp³-hybridized carbons (Fsp3) is 0.133. The molecule has 0 atom stereocenters. The zero-order chi connectivity index (χ0) is 23.0. The minimum absolute atomic E-state index is 0.0185. The summed E-state index contributed by atoms with van der Waals surface area (Å²) in [5.41, 5.74) is 5.34. The van der Waals surface area contributed by atoms with Crippen LogP contribution in [0.2, 0.25) is 0 Å². The van der Waals surface area contributed by atoms with Crippen LogP contribution in [0.1, 0.15) is 11.1 Å². The quantitative estimate of drug-likeness (QED) is 0.133. The number of hydrogen-bond acceptors (Lipinski definition) is 8. The summed E-state index contributed by atoms with van der Waals surface area (Å²) in [6.07, 6.45) is -4.54. The summed E-state index contributed by atoms with van der Waals surface area (Å²) in [6.45, 7) is 0.143. The van der Waals surface area contributed by atoms with Crippen molar-refractivity contribution in [3.8, 4) is 0 Å². The second-order valence-corrected chi connectivity index (χ2v) is 7.79. The molecule has 1 aromatic carbocycles. The molecule has 0 saturated carbocycles. The Hall–Kier alpha value is -3.37. The minimum atomic E-state index is -5.20. The number of rotatable bonds is 5. The molecule has 31 heavy (non-hydrogen) atoms. The van der Waals surface area contributed by atoms with Gasteiger partial charge in [-0.25, -0.2) is 4.98 Å². The van der Waals surface area contributed by atoms with Gasteiger partial charge in [0.2, 0.25) is 0 Å². The number of halogens is 3. The standard InChI is InChI=1S/C15H13BF3N5O6S/c17-15(18,19)14(25)22-9-3-10(12(20)23-27)13(21-5-9)31(28,29)24-8-2-1-7-6-30-16(26)11(7)4-8/h1-5,24,26-27H,6H2,(H2,20,23)(H,22,25). The summed E-state index contributed by atoms with van der Waals surface area (Å²) in [7, 11) is -5.73. The number of oxime groups is 1. The van der Waals surface area contributed by atoms with Crippen LogP contribution in [0.25, 0.3) is 0 Å². The van der Waals surface area contributed by atoms with Gasteiger partial charge in [0.1, 0.15) is 0 Å². The predicted molar refractivity (Wildman–Crippen MR) is 101 cm³/mol. The number of nitrogens with one attached hydrogen (secondary N) is 2. The van der Waals surface area contributed by atoms with Gasteiger partial charge in [-0.2, -0.15) is 21.6 Å². The summed E-state index contributed by atoms with van der Waals surface area (Å²) in [5.74, 6) is -3.11. The van der Waals surface area contributed by atoms with Gasteiger partial charge in [0, 0.05) is 5.69 Å². The second-order valence-electron chi connectivity index (χ2n) is 6.20. The maximum absolute atomic E-state index is 12.8. The first-order valence-corrected chi connectivity index (χ1v) is 9.72. The molecular formula is C15H13BF3N5O6S. The Morgan fingerprint density at radius 2 is 2.00 bits per heavy atom. The highest BCUT2D eigenvalue weighted by Gasteiger charge is 2.39. The van der Waals surface area contributed by atoms with Crippen LogP contribution < -0.4 is 21.2 Å². The highest BCUT2D eigenvalue weighted by molar-refractivity contribution is 7.92. The first-order valence-electron chi connectivity index (χ1n) is 8.24. The van der Waals surface area contributed by atoms with Crippen LogP contribution >= 0.6 is 0 Å². The minimum Gasteiger partial charge on any atom is -0.423 e. The van der Waals surface area contributed by atoms with Crippen molar-refractivity contribution in [2.75, 3.05) is 10.0 Å². The van der Waals surface area contributed by atoms with E-state index in [4.69, 9.17) is 15.6 Å². The van der Waals surface area contributed by atoms with E-state index < -0.39 is 51.3 Å². The van der Waals surface area contributed by atoms with Crippen molar-refractivity contribution in [2.24, 2.45) is 10.9 Å². The number of benzene rings is 1. The van der Waals surface area contributed by atoms with Gasteiger partial charge >= 0.3 is 19.2 Å². The van der Waals surface area contributed by atoms with E-state index in [-0.39, 0.29) is 12.3 Å². The molecule has 3 rings (SSSR count). The fourth-order valence-electron chi connectivity index (χ4n) is 2.66. The molecular weight excluding hydrogens is 446 g/mol. The molecule has 0 saturated heterocycles. The third-order valence-corrected chi connectivity index (χ3v) is 5.40. The SMILES string of the molecule is NC(=NO)c1cc(NC(=O)C(F)(F)F)cnc1S(=O)(=O)Nc1ccc2c(c1)B(O)OC2. The molecule has 0 radical (unpaired) electrons. The number of aromatic nitrogens is 1. The van der Waals surface area contributed by atoms with Crippen molar-refractivity contribution in [1.82, 2.24) is 4.98 Å². The number of nitrogens with zero attached hydrogens (tertiary/aromatic N) is 2. The Morgan fingerprint density at radius 3 is 2.65 bits per heavy atom. The lowest BCUT2D eigenvalue weighted by Gasteiger charge is -2.14. The molecule has 1 aliphatic heterocycles. The molecule has 1 aliphatic rings. The van der Waals surface area contributed by atoms with Crippen molar-refractivity contribution in [3.63, 3.8) is 0 Å². The van der Waals surface area contributed by atoms with E-state index in [9.17, 15) is 31.4 Å². The number of carbonyl (C=O) groups is 1. The number of alkyl halides is 3. The molecule has 0 fully saturated rings. The van der Waals surface area contributed by atoms with Gasteiger partial charge in [0.05, 0.1) is 24.1 Å². The molecule has 0 spiro atoms. The summed E-state index contributed by atoms with van der Waals surface area (Å²) in [4.78, 5) is 14.7. The number of fused-ring (bicyclic) bond motifs is 1. The van der Waals surface area contributed by atoms with E-state index in [1.54, 1.807) is 0 Å². The molecule has 1 aromatic heterocycles. The lowest BCUT2D eigenvalue weighted by atomic mass is 9.79. The molecule has 1 amide bonds. The van der Waals surface area contributed by atoms with Gasteiger partial charge in [-0.3, -0.25) is 9.52 Å². The molecule has 0 bridgehead atoms. The van der Waals surface area contributed by atoms with Crippen molar-refractivity contribution in [1.29, 1.82) is 0 Å². The normalized spacial score (nSPS) is 14.3. The van der Waals surface area contributed by atoms with E-state index in [1.807, 2.05) is 0 Å². The van der Waals surface area contributed by atoms with Crippen LogP contribution in [-0.2, 0) is 26.1 Å². The largest absolute Gasteiger partial charge is 0.491 e. The van der Waals surface area contributed by atoms with Crippen molar-refractivity contribution >= 4 is 45.7 Å². The van der Waals surface area contributed by atoms with E-state index in [1.165, 1.54) is 23.5 Å². The lowest BCUT2D eigenvalue weighted by Crippen LogP contribution is -2.30. The number of anilines is 2. The number of nitrogens with two attached hydrogens (primary N) is 1. The smallest absolute Gasteiger partial charge is 0.423 e.